The van der Waals surface area contributed by atoms with Gasteiger partial charge in [-0.1, -0.05) is 18.2 Å². The van der Waals surface area contributed by atoms with Gasteiger partial charge in [-0.15, -0.1) is 6.58 Å². The van der Waals surface area contributed by atoms with E-state index in [4.69, 9.17) is 24.2 Å². The molecule has 0 atom stereocenters. The van der Waals surface area contributed by atoms with Crippen LogP contribution in [0.1, 0.15) is 18.1 Å². The summed E-state index contributed by atoms with van der Waals surface area (Å²) in [6.07, 6.45) is 1.82. The van der Waals surface area contributed by atoms with E-state index in [1.807, 2.05) is 54.4 Å². The Morgan fingerprint density at radius 3 is 2.37 bits per heavy atom. The molecule has 0 spiro atoms. The zero-order valence-corrected chi connectivity index (χ0v) is 17.5. The maximum atomic E-state index is 5.62. The van der Waals surface area contributed by atoms with Crippen LogP contribution in [0.3, 0.4) is 0 Å². The van der Waals surface area contributed by atoms with Crippen LogP contribution >= 0.6 is 0 Å². The van der Waals surface area contributed by atoms with Crippen molar-refractivity contribution in [1.29, 1.82) is 0 Å². The first-order valence-electron chi connectivity index (χ1n) is 9.54. The van der Waals surface area contributed by atoms with Gasteiger partial charge in [0.25, 0.3) is 0 Å². The molecule has 0 radical (unpaired) electrons. The summed E-state index contributed by atoms with van der Waals surface area (Å²) in [7, 11) is 4.88. The standard InChI is InChI=1S/C23H24N4O3/c1-6-11-27-23-21(14(2)26-27)25-22(15-9-7-8-10-18(15)28-3)16-12-19(29-4)20(30-5)13-17(16)24-23/h6-10,12-13,26H,1,11H2,2-5H3. The Kier molecular flexibility index (Phi) is 5.18. The summed E-state index contributed by atoms with van der Waals surface area (Å²) >= 11 is 0. The van der Waals surface area contributed by atoms with Gasteiger partial charge in [0.2, 0.25) is 0 Å². The zero-order chi connectivity index (χ0) is 21.3. The molecule has 1 N–H and O–H groups in total. The maximum Gasteiger partial charge on any atom is 0.176 e. The average molecular weight is 404 g/mol. The number of fused-ring (bicyclic) bond motifs is 2. The summed E-state index contributed by atoms with van der Waals surface area (Å²) in [6.45, 7) is 6.41. The Labute approximate surface area is 176 Å². The fourth-order valence-electron chi connectivity index (χ4n) is 3.59. The van der Waals surface area contributed by atoms with Gasteiger partial charge in [0.05, 0.1) is 45.0 Å². The summed E-state index contributed by atoms with van der Waals surface area (Å²) in [5, 5.41) is 1.92. The van der Waals surface area contributed by atoms with Crippen LogP contribution in [0.2, 0.25) is 0 Å². The van der Waals surface area contributed by atoms with Crippen LogP contribution in [0.4, 0.5) is 5.69 Å². The summed E-state index contributed by atoms with van der Waals surface area (Å²) in [5.74, 6) is 2.67. The number of nitrogens with zero attached hydrogens (tertiary/aromatic N) is 3. The van der Waals surface area contributed by atoms with E-state index in [2.05, 4.69) is 12.0 Å². The molecular formula is C23H24N4O3. The molecule has 30 heavy (non-hydrogen) atoms. The predicted octanol–water partition coefficient (Wildman–Crippen LogP) is 3.83. The monoisotopic (exact) mass is 404 g/mol. The average Bonchev–Trinajstić information content (AvgIpc) is 2.95. The number of amidine groups is 1. The number of para-hydroxylation sites is 1. The first-order valence-corrected chi connectivity index (χ1v) is 9.54. The quantitative estimate of drug-likeness (QED) is 0.741. The first-order chi connectivity index (χ1) is 14.6. The van der Waals surface area contributed by atoms with Crippen LogP contribution in [-0.4, -0.2) is 44.4 Å². The molecule has 0 fully saturated rings. The minimum Gasteiger partial charge on any atom is -0.496 e. The lowest BCUT2D eigenvalue weighted by Crippen LogP contribution is -2.35. The fourth-order valence-corrected chi connectivity index (χ4v) is 3.59. The van der Waals surface area contributed by atoms with E-state index in [1.165, 1.54) is 0 Å². The molecule has 2 aromatic rings. The Morgan fingerprint density at radius 2 is 1.67 bits per heavy atom. The van der Waals surface area contributed by atoms with E-state index < -0.39 is 0 Å². The highest BCUT2D eigenvalue weighted by molar-refractivity contribution is 6.21. The molecule has 2 aliphatic rings. The highest BCUT2D eigenvalue weighted by Gasteiger charge is 2.31. The number of nitrogens with one attached hydrogen (secondary N) is 1. The number of hydrazine groups is 1. The van der Waals surface area contributed by atoms with Crippen molar-refractivity contribution in [1.82, 2.24) is 10.4 Å². The van der Waals surface area contributed by atoms with Crippen LogP contribution in [0.15, 0.2) is 70.4 Å². The molecule has 0 unspecified atom stereocenters. The van der Waals surface area contributed by atoms with E-state index in [-0.39, 0.29) is 0 Å². The minimum absolute atomic E-state index is 0.585. The number of aliphatic imine (C=N–C) groups is 2. The smallest absolute Gasteiger partial charge is 0.176 e. The topological polar surface area (TPSA) is 67.7 Å². The van der Waals surface area contributed by atoms with Crippen LogP contribution < -0.4 is 19.6 Å². The minimum atomic E-state index is 0.585. The van der Waals surface area contributed by atoms with Crippen molar-refractivity contribution < 1.29 is 14.2 Å². The van der Waals surface area contributed by atoms with Gasteiger partial charge in [0.15, 0.2) is 17.3 Å². The predicted molar refractivity (Wildman–Crippen MR) is 118 cm³/mol. The molecule has 0 bridgehead atoms. The third-order valence-electron chi connectivity index (χ3n) is 5.01. The molecule has 7 nitrogen and oxygen atoms in total. The van der Waals surface area contributed by atoms with Crippen molar-refractivity contribution in [3.63, 3.8) is 0 Å². The summed E-state index contributed by atoms with van der Waals surface area (Å²) in [6, 6.07) is 11.6. The highest BCUT2D eigenvalue weighted by Crippen LogP contribution is 2.40. The molecule has 154 valence electrons. The van der Waals surface area contributed by atoms with Crippen molar-refractivity contribution in [2.45, 2.75) is 6.92 Å². The lowest BCUT2D eigenvalue weighted by Gasteiger charge is -2.18. The maximum absolute atomic E-state index is 5.62. The second-order valence-electron chi connectivity index (χ2n) is 6.81. The van der Waals surface area contributed by atoms with Gasteiger partial charge < -0.3 is 14.2 Å². The number of rotatable bonds is 6. The Balaban J connectivity index is 2.03. The van der Waals surface area contributed by atoms with Crippen molar-refractivity contribution in [2.75, 3.05) is 27.9 Å². The number of methoxy groups -OCH3 is 3. The van der Waals surface area contributed by atoms with Crippen LogP contribution in [0.5, 0.6) is 17.2 Å². The number of hydrogen-bond acceptors (Lipinski definition) is 7. The molecule has 0 amide bonds. The van der Waals surface area contributed by atoms with Crippen molar-refractivity contribution in [2.24, 2.45) is 9.98 Å². The number of hydrogen-bond donors (Lipinski definition) is 1. The van der Waals surface area contributed by atoms with Gasteiger partial charge in [-0.25, -0.2) is 9.98 Å². The molecule has 4 rings (SSSR count). The van der Waals surface area contributed by atoms with Gasteiger partial charge in [-0.2, -0.15) is 0 Å². The lowest BCUT2D eigenvalue weighted by molar-refractivity contribution is 0.355. The van der Waals surface area contributed by atoms with Gasteiger partial charge >= 0.3 is 0 Å². The Bertz CT molecular complexity index is 1100. The van der Waals surface area contributed by atoms with E-state index >= 15 is 0 Å². The van der Waals surface area contributed by atoms with Gasteiger partial charge in [-0.3, -0.25) is 10.4 Å². The van der Waals surface area contributed by atoms with Gasteiger partial charge in [-0.05, 0) is 25.1 Å². The van der Waals surface area contributed by atoms with Crippen LogP contribution in [0, 0.1) is 0 Å². The molecule has 0 aliphatic carbocycles. The van der Waals surface area contributed by atoms with E-state index in [0.717, 1.165) is 45.5 Å². The normalized spacial score (nSPS) is 14.7. The summed E-state index contributed by atoms with van der Waals surface area (Å²) in [5.41, 5.74) is 8.18. The van der Waals surface area contributed by atoms with Gasteiger partial charge in [0.1, 0.15) is 11.4 Å². The molecule has 2 aromatic carbocycles. The number of allylic oxidation sites excluding steroid dienone is 1. The number of benzene rings is 2. The SMILES string of the molecule is C=CCN1NC(C)=C2N=C(c3ccccc3OC)c3cc(OC)c(OC)cc3N=C21. The Hall–Kier alpha value is -3.74. The van der Waals surface area contributed by atoms with Crippen molar-refractivity contribution >= 4 is 17.2 Å². The fraction of sp³-hybridized carbons (Fsp3) is 0.217. The second kappa shape index (κ2) is 7.94. The Morgan fingerprint density at radius 1 is 0.967 bits per heavy atom. The molecule has 2 heterocycles. The molecule has 0 saturated carbocycles. The third-order valence-corrected chi connectivity index (χ3v) is 5.01. The van der Waals surface area contributed by atoms with Gasteiger partial charge in [0, 0.05) is 17.2 Å². The van der Waals surface area contributed by atoms with Crippen molar-refractivity contribution in [3.8, 4) is 17.2 Å². The van der Waals surface area contributed by atoms with Crippen molar-refractivity contribution in [3.05, 3.63) is 71.6 Å². The molecule has 2 aliphatic heterocycles. The first kappa shape index (κ1) is 19.6. The summed E-state index contributed by atoms with van der Waals surface area (Å²) < 4.78 is 16.7. The second-order valence-corrected chi connectivity index (χ2v) is 6.81. The summed E-state index contributed by atoms with van der Waals surface area (Å²) in [4.78, 5) is 10.0. The van der Waals surface area contributed by atoms with E-state index in [0.29, 0.717) is 18.0 Å². The molecule has 7 heteroatoms. The third kappa shape index (κ3) is 3.18. The van der Waals surface area contributed by atoms with E-state index in [1.54, 1.807) is 21.3 Å². The van der Waals surface area contributed by atoms with Crippen LogP contribution in [0.25, 0.3) is 0 Å². The van der Waals surface area contributed by atoms with E-state index in [9.17, 15) is 0 Å². The highest BCUT2D eigenvalue weighted by atomic mass is 16.5. The largest absolute Gasteiger partial charge is 0.496 e. The zero-order valence-electron chi connectivity index (χ0n) is 17.5. The molecular weight excluding hydrogens is 380 g/mol. The lowest BCUT2D eigenvalue weighted by atomic mass is 9.99. The van der Waals surface area contributed by atoms with Crippen LogP contribution in [-0.2, 0) is 0 Å². The molecule has 0 saturated heterocycles. The molecule has 0 aromatic heterocycles. The number of ether oxygens (including phenoxy) is 3.